The van der Waals surface area contributed by atoms with Gasteiger partial charge in [0, 0.05) is 6.61 Å². The molecule has 0 aromatic carbocycles. The third-order valence-corrected chi connectivity index (χ3v) is 6.06. The molecule has 0 fully saturated rings. The standard InChI is InChI=1S/C25H52O/c1-3-5-6-7-8-9-10-11-12-13-16-19-22-25(4-2)23-20-17-14-15-18-21-24-26/h25-26H,3-24H2,1-2H3. The van der Waals surface area contributed by atoms with Gasteiger partial charge in [-0.15, -0.1) is 0 Å². The first kappa shape index (κ1) is 26.0. The average Bonchev–Trinajstić information content (AvgIpc) is 2.66. The van der Waals surface area contributed by atoms with Crippen molar-refractivity contribution in [3.05, 3.63) is 0 Å². The van der Waals surface area contributed by atoms with Gasteiger partial charge in [0.2, 0.25) is 0 Å². The van der Waals surface area contributed by atoms with E-state index in [-0.39, 0.29) is 0 Å². The normalized spacial score (nSPS) is 12.6. The molecule has 0 rings (SSSR count). The Morgan fingerprint density at radius 1 is 0.462 bits per heavy atom. The smallest absolute Gasteiger partial charge is 0.0431 e. The van der Waals surface area contributed by atoms with Gasteiger partial charge in [-0.1, -0.05) is 142 Å². The monoisotopic (exact) mass is 368 g/mol. The molecule has 0 bridgehead atoms. The summed E-state index contributed by atoms with van der Waals surface area (Å²) in [5.41, 5.74) is 0. The lowest BCUT2D eigenvalue weighted by Gasteiger charge is -2.14. The molecule has 0 aliphatic carbocycles. The van der Waals surface area contributed by atoms with E-state index in [1.54, 1.807) is 0 Å². The van der Waals surface area contributed by atoms with Gasteiger partial charge in [-0.2, -0.15) is 0 Å². The van der Waals surface area contributed by atoms with Crippen molar-refractivity contribution >= 4 is 0 Å². The van der Waals surface area contributed by atoms with Gasteiger partial charge in [-0.3, -0.25) is 0 Å². The molecule has 0 saturated heterocycles. The van der Waals surface area contributed by atoms with Crippen molar-refractivity contribution in [3.8, 4) is 0 Å². The molecular formula is C25H52O. The van der Waals surface area contributed by atoms with Gasteiger partial charge in [-0.25, -0.2) is 0 Å². The lowest BCUT2D eigenvalue weighted by atomic mass is 9.92. The fraction of sp³-hybridized carbons (Fsp3) is 1.00. The van der Waals surface area contributed by atoms with E-state index in [0.29, 0.717) is 6.61 Å². The van der Waals surface area contributed by atoms with Crippen LogP contribution in [0.4, 0.5) is 0 Å². The Bertz CT molecular complexity index is 238. The summed E-state index contributed by atoms with van der Waals surface area (Å²) >= 11 is 0. The van der Waals surface area contributed by atoms with Gasteiger partial charge >= 0.3 is 0 Å². The van der Waals surface area contributed by atoms with Crippen LogP contribution in [0.2, 0.25) is 0 Å². The van der Waals surface area contributed by atoms with Crippen molar-refractivity contribution < 1.29 is 5.11 Å². The summed E-state index contributed by atoms with van der Waals surface area (Å²) in [7, 11) is 0. The van der Waals surface area contributed by atoms with Crippen LogP contribution in [0.25, 0.3) is 0 Å². The number of aliphatic hydroxyl groups is 1. The summed E-state index contributed by atoms with van der Waals surface area (Å²) < 4.78 is 0. The highest BCUT2D eigenvalue weighted by Crippen LogP contribution is 2.21. The fourth-order valence-electron chi connectivity index (χ4n) is 4.08. The molecule has 1 atom stereocenters. The largest absolute Gasteiger partial charge is 0.396 e. The van der Waals surface area contributed by atoms with Gasteiger partial charge in [0.15, 0.2) is 0 Å². The van der Waals surface area contributed by atoms with Gasteiger partial charge in [0.05, 0.1) is 0 Å². The van der Waals surface area contributed by atoms with Crippen molar-refractivity contribution in [1.82, 2.24) is 0 Å². The Morgan fingerprint density at radius 3 is 1.15 bits per heavy atom. The van der Waals surface area contributed by atoms with Crippen LogP contribution in [-0.2, 0) is 0 Å². The van der Waals surface area contributed by atoms with Gasteiger partial charge in [-0.05, 0) is 12.3 Å². The van der Waals surface area contributed by atoms with Crippen molar-refractivity contribution in [2.24, 2.45) is 5.92 Å². The molecule has 0 aliphatic rings. The Balaban J connectivity index is 3.26. The molecule has 0 heterocycles. The summed E-state index contributed by atoms with van der Waals surface area (Å²) in [6.45, 7) is 5.05. The average molecular weight is 369 g/mol. The number of unbranched alkanes of at least 4 members (excludes halogenated alkanes) is 16. The number of hydrogen-bond acceptors (Lipinski definition) is 1. The first-order chi connectivity index (χ1) is 12.8. The van der Waals surface area contributed by atoms with Crippen LogP contribution < -0.4 is 0 Å². The maximum absolute atomic E-state index is 8.78. The molecule has 1 unspecified atom stereocenters. The third-order valence-electron chi connectivity index (χ3n) is 6.06. The number of rotatable bonds is 22. The topological polar surface area (TPSA) is 20.2 Å². The zero-order chi connectivity index (χ0) is 19.1. The van der Waals surface area contributed by atoms with Crippen molar-refractivity contribution in [2.75, 3.05) is 6.61 Å². The van der Waals surface area contributed by atoms with Crippen LogP contribution in [0, 0.1) is 5.92 Å². The molecule has 158 valence electrons. The summed E-state index contributed by atoms with van der Waals surface area (Å²) in [5, 5.41) is 8.78. The minimum absolute atomic E-state index is 0.372. The molecule has 0 aromatic heterocycles. The highest BCUT2D eigenvalue weighted by molar-refractivity contribution is 4.59. The maximum atomic E-state index is 8.78. The predicted octanol–water partition coefficient (Wildman–Crippen LogP) is 8.83. The van der Waals surface area contributed by atoms with Crippen molar-refractivity contribution in [3.63, 3.8) is 0 Å². The zero-order valence-corrected chi connectivity index (χ0v) is 18.6. The van der Waals surface area contributed by atoms with E-state index in [9.17, 15) is 0 Å². The molecule has 0 spiro atoms. The Labute approximate surface area is 166 Å². The van der Waals surface area contributed by atoms with Crippen molar-refractivity contribution in [2.45, 2.75) is 149 Å². The van der Waals surface area contributed by atoms with Gasteiger partial charge in [0.1, 0.15) is 0 Å². The van der Waals surface area contributed by atoms with Crippen LogP contribution in [-0.4, -0.2) is 11.7 Å². The predicted molar refractivity (Wildman–Crippen MR) is 119 cm³/mol. The van der Waals surface area contributed by atoms with E-state index in [2.05, 4.69) is 13.8 Å². The molecule has 26 heavy (non-hydrogen) atoms. The molecule has 0 saturated carbocycles. The van der Waals surface area contributed by atoms with Crippen LogP contribution in [0.3, 0.4) is 0 Å². The molecule has 0 amide bonds. The molecule has 1 N–H and O–H groups in total. The minimum atomic E-state index is 0.372. The van der Waals surface area contributed by atoms with Crippen molar-refractivity contribution in [1.29, 1.82) is 0 Å². The summed E-state index contributed by atoms with van der Waals surface area (Å²) in [4.78, 5) is 0. The van der Waals surface area contributed by atoms with E-state index in [0.717, 1.165) is 12.3 Å². The van der Waals surface area contributed by atoms with E-state index in [1.165, 1.54) is 128 Å². The maximum Gasteiger partial charge on any atom is 0.0431 e. The second kappa shape index (κ2) is 23.0. The molecular weight excluding hydrogens is 316 g/mol. The van der Waals surface area contributed by atoms with E-state index < -0.39 is 0 Å². The SMILES string of the molecule is CCCCCCCCCCCCCCC(CC)CCCCCCCCO. The third kappa shape index (κ3) is 20.3. The minimum Gasteiger partial charge on any atom is -0.396 e. The second-order valence-corrected chi connectivity index (χ2v) is 8.59. The zero-order valence-electron chi connectivity index (χ0n) is 18.6. The molecule has 1 heteroatoms. The summed E-state index contributed by atoms with van der Waals surface area (Å²) in [6.07, 6.45) is 29.5. The van der Waals surface area contributed by atoms with E-state index in [1.807, 2.05) is 0 Å². The number of aliphatic hydroxyl groups excluding tert-OH is 1. The van der Waals surface area contributed by atoms with Crippen LogP contribution in [0.1, 0.15) is 149 Å². The quantitative estimate of drug-likeness (QED) is 0.189. The second-order valence-electron chi connectivity index (χ2n) is 8.59. The lowest BCUT2D eigenvalue weighted by molar-refractivity contribution is 0.282. The van der Waals surface area contributed by atoms with E-state index >= 15 is 0 Å². The van der Waals surface area contributed by atoms with E-state index in [4.69, 9.17) is 5.11 Å². The summed E-state index contributed by atoms with van der Waals surface area (Å²) in [6, 6.07) is 0. The molecule has 0 aromatic rings. The van der Waals surface area contributed by atoms with Crippen LogP contribution in [0.5, 0.6) is 0 Å². The first-order valence-electron chi connectivity index (χ1n) is 12.5. The molecule has 0 aliphatic heterocycles. The highest BCUT2D eigenvalue weighted by atomic mass is 16.2. The summed E-state index contributed by atoms with van der Waals surface area (Å²) in [5.74, 6) is 0.982. The lowest BCUT2D eigenvalue weighted by Crippen LogP contribution is -1.99. The molecule has 0 radical (unpaired) electrons. The number of hydrogen-bond donors (Lipinski definition) is 1. The highest BCUT2D eigenvalue weighted by Gasteiger charge is 2.05. The van der Waals surface area contributed by atoms with Gasteiger partial charge in [0.25, 0.3) is 0 Å². The van der Waals surface area contributed by atoms with Crippen LogP contribution in [0.15, 0.2) is 0 Å². The Morgan fingerprint density at radius 2 is 0.808 bits per heavy atom. The van der Waals surface area contributed by atoms with Gasteiger partial charge < -0.3 is 5.11 Å². The fourth-order valence-corrected chi connectivity index (χ4v) is 4.08. The first-order valence-corrected chi connectivity index (χ1v) is 12.5. The Hall–Kier alpha value is -0.0400. The Kier molecular flexibility index (Phi) is 23.0. The molecule has 1 nitrogen and oxygen atoms in total. The van der Waals surface area contributed by atoms with Crippen LogP contribution >= 0.6 is 0 Å².